The Morgan fingerprint density at radius 1 is 1.44 bits per heavy atom. The average Bonchev–Trinajstić information content (AvgIpc) is 2.61. The van der Waals surface area contributed by atoms with Crippen LogP contribution in [-0.2, 0) is 12.8 Å². The van der Waals surface area contributed by atoms with E-state index >= 15 is 0 Å². The van der Waals surface area contributed by atoms with Gasteiger partial charge in [0.25, 0.3) is 5.91 Å². The molecule has 1 aliphatic carbocycles. The van der Waals surface area contributed by atoms with E-state index in [0.29, 0.717) is 6.42 Å². The number of fused-ring (bicyclic) bond motifs is 1. The molecule has 0 aromatic carbocycles. The first-order chi connectivity index (χ1) is 8.70. The van der Waals surface area contributed by atoms with E-state index in [0.717, 1.165) is 17.7 Å². The van der Waals surface area contributed by atoms with E-state index in [-0.39, 0.29) is 18.6 Å². The normalized spacial score (nSPS) is 16.8. The molecule has 4 heteroatoms. The third-order valence-corrected chi connectivity index (χ3v) is 4.65. The Labute approximate surface area is 112 Å². The number of amides is 1. The molecule has 2 N–H and O–H groups in total. The Hall–Kier alpha value is -0.870. The first kappa shape index (κ1) is 13.6. The van der Waals surface area contributed by atoms with Crippen molar-refractivity contribution in [1.82, 2.24) is 5.32 Å². The second-order valence-corrected chi connectivity index (χ2v) is 6.14. The molecule has 1 aromatic heterocycles. The predicted octanol–water partition coefficient (Wildman–Crippen LogP) is 2.52. The van der Waals surface area contributed by atoms with Gasteiger partial charge in [-0.1, -0.05) is 6.42 Å². The number of hydrogen-bond donors (Lipinski definition) is 2. The van der Waals surface area contributed by atoms with Crippen LogP contribution >= 0.6 is 11.3 Å². The number of rotatable bonds is 4. The minimum absolute atomic E-state index is 0.00836. The summed E-state index contributed by atoms with van der Waals surface area (Å²) in [6.45, 7) is 2.04. The molecule has 0 saturated heterocycles. The van der Waals surface area contributed by atoms with Gasteiger partial charge in [-0.3, -0.25) is 4.79 Å². The SMILES string of the molecule is CC(CCO)NC(=O)c1cc2c(s1)CCCCC2. The third-order valence-electron chi connectivity index (χ3n) is 3.41. The highest BCUT2D eigenvalue weighted by molar-refractivity contribution is 7.14. The fourth-order valence-electron chi connectivity index (χ4n) is 2.34. The van der Waals surface area contributed by atoms with Crippen LogP contribution in [0.15, 0.2) is 6.07 Å². The summed E-state index contributed by atoms with van der Waals surface area (Å²) >= 11 is 1.64. The van der Waals surface area contributed by atoms with Gasteiger partial charge in [-0.2, -0.15) is 0 Å². The van der Waals surface area contributed by atoms with E-state index in [2.05, 4.69) is 11.4 Å². The van der Waals surface area contributed by atoms with E-state index in [1.807, 2.05) is 6.92 Å². The molecule has 1 aliphatic rings. The molecular weight excluding hydrogens is 246 g/mol. The molecule has 100 valence electrons. The summed E-state index contributed by atoms with van der Waals surface area (Å²) in [4.78, 5) is 14.3. The van der Waals surface area contributed by atoms with E-state index in [4.69, 9.17) is 5.11 Å². The van der Waals surface area contributed by atoms with Gasteiger partial charge in [0, 0.05) is 17.5 Å². The number of aryl methyl sites for hydroxylation is 2. The maximum atomic E-state index is 12.1. The fourth-order valence-corrected chi connectivity index (χ4v) is 3.50. The molecule has 0 spiro atoms. The molecule has 0 radical (unpaired) electrons. The largest absolute Gasteiger partial charge is 0.396 e. The van der Waals surface area contributed by atoms with Gasteiger partial charge in [0.15, 0.2) is 0 Å². The molecule has 0 aliphatic heterocycles. The van der Waals surface area contributed by atoms with Gasteiger partial charge in [-0.25, -0.2) is 0 Å². The molecule has 0 fully saturated rings. The van der Waals surface area contributed by atoms with Crippen LogP contribution in [0.3, 0.4) is 0 Å². The molecule has 1 atom stereocenters. The second kappa shape index (κ2) is 6.34. The van der Waals surface area contributed by atoms with Crippen molar-refractivity contribution in [2.45, 2.75) is 51.5 Å². The number of nitrogens with one attached hydrogen (secondary N) is 1. The maximum Gasteiger partial charge on any atom is 0.261 e. The van der Waals surface area contributed by atoms with E-state index < -0.39 is 0 Å². The van der Waals surface area contributed by atoms with Crippen molar-refractivity contribution < 1.29 is 9.90 Å². The first-order valence-electron chi connectivity index (χ1n) is 6.74. The van der Waals surface area contributed by atoms with Crippen molar-refractivity contribution in [2.24, 2.45) is 0 Å². The highest BCUT2D eigenvalue weighted by Crippen LogP contribution is 2.28. The Kier molecular flexibility index (Phi) is 4.78. The lowest BCUT2D eigenvalue weighted by Crippen LogP contribution is -2.32. The zero-order chi connectivity index (χ0) is 13.0. The van der Waals surface area contributed by atoms with Crippen LogP contribution < -0.4 is 5.32 Å². The van der Waals surface area contributed by atoms with Crippen molar-refractivity contribution in [2.75, 3.05) is 6.61 Å². The van der Waals surface area contributed by atoms with Crippen LogP contribution in [0.1, 0.15) is 52.7 Å². The lowest BCUT2D eigenvalue weighted by molar-refractivity contribution is 0.0938. The summed E-state index contributed by atoms with van der Waals surface area (Å²) in [5.41, 5.74) is 1.37. The summed E-state index contributed by atoms with van der Waals surface area (Å²) in [5, 5.41) is 11.8. The summed E-state index contributed by atoms with van der Waals surface area (Å²) in [6.07, 6.45) is 6.64. The van der Waals surface area contributed by atoms with Crippen LogP contribution in [0.25, 0.3) is 0 Å². The Morgan fingerprint density at radius 3 is 3.00 bits per heavy atom. The summed E-state index contributed by atoms with van der Waals surface area (Å²) < 4.78 is 0. The van der Waals surface area contributed by atoms with E-state index in [9.17, 15) is 4.79 Å². The van der Waals surface area contributed by atoms with Crippen molar-refractivity contribution in [3.63, 3.8) is 0 Å². The smallest absolute Gasteiger partial charge is 0.261 e. The minimum Gasteiger partial charge on any atom is -0.396 e. The van der Waals surface area contributed by atoms with Crippen LogP contribution in [0.4, 0.5) is 0 Å². The standard InChI is InChI=1S/C14H21NO2S/c1-10(7-8-16)15-14(17)13-9-11-5-3-2-4-6-12(11)18-13/h9-10,16H,2-8H2,1H3,(H,15,17). The summed E-state index contributed by atoms with van der Waals surface area (Å²) in [6, 6.07) is 2.09. The molecule has 1 aromatic rings. The van der Waals surface area contributed by atoms with Crippen molar-refractivity contribution in [1.29, 1.82) is 0 Å². The van der Waals surface area contributed by atoms with Crippen LogP contribution in [-0.4, -0.2) is 23.7 Å². The number of carbonyl (C=O) groups excluding carboxylic acids is 1. The number of aliphatic hydroxyl groups excluding tert-OH is 1. The van der Waals surface area contributed by atoms with Crippen molar-refractivity contribution in [3.8, 4) is 0 Å². The quantitative estimate of drug-likeness (QED) is 0.824. The number of aliphatic hydroxyl groups is 1. The average molecular weight is 267 g/mol. The maximum absolute atomic E-state index is 12.1. The molecular formula is C14H21NO2S. The molecule has 1 unspecified atom stereocenters. The Bertz CT molecular complexity index is 390. The van der Waals surface area contributed by atoms with Crippen LogP contribution in [0, 0.1) is 0 Å². The topological polar surface area (TPSA) is 49.3 Å². The van der Waals surface area contributed by atoms with Crippen LogP contribution in [0.2, 0.25) is 0 Å². The van der Waals surface area contributed by atoms with Gasteiger partial charge in [0.1, 0.15) is 0 Å². The Morgan fingerprint density at radius 2 is 2.22 bits per heavy atom. The van der Waals surface area contributed by atoms with Crippen molar-refractivity contribution in [3.05, 3.63) is 21.4 Å². The van der Waals surface area contributed by atoms with Gasteiger partial charge in [-0.05, 0) is 50.7 Å². The molecule has 18 heavy (non-hydrogen) atoms. The molecule has 0 saturated carbocycles. The number of hydrogen-bond acceptors (Lipinski definition) is 3. The van der Waals surface area contributed by atoms with E-state index in [1.54, 1.807) is 11.3 Å². The predicted molar refractivity (Wildman–Crippen MR) is 74.2 cm³/mol. The van der Waals surface area contributed by atoms with Gasteiger partial charge in [-0.15, -0.1) is 11.3 Å². The molecule has 3 nitrogen and oxygen atoms in total. The lowest BCUT2D eigenvalue weighted by Gasteiger charge is -2.11. The highest BCUT2D eigenvalue weighted by Gasteiger charge is 2.17. The molecule has 1 heterocycles. The van der Waals surface area contributed by atoms with Gasteiger partial charge in [0.05, 0.1) is 4.88 Å². The van der Waals surface area contributed by atoms with Gasteiger partial charge >= 0.3 is 0 Å². The first-order valence-corrected chi connectivity index (χ1v) is 7.55. The zero-order valence-corrected chi connectivity index (χ0v) is 11.7. The Balaban J connectivity index is 2.02. The zero-order valence-electron chi connectivity index (χ0n) is 10.9. The summed E-state index contributed by atoms with van der Waals surface area (Å²) in [7, 11) is 0. The minimum atomic E-state index is 0.00836. The lowest BCUT2D eigenvalue weighted by atomic mass is 10.1. The summed E-state index contributed by atoms with van der Waals surface area (Å²) in [5.74, 6) is 0.00836. The fraction of sp³-hybridized carbons (Fsp3) is 0.643. The van der Waals surface area contributed by atoms with Crippen molar-refractivity contribution >= 4 is 17.2 Å². The molecule has 0 bridgehead atoms. The van der Waals surface area contributed by atoms with E-state index in [1.165, 1.54) is 29.7 Å². The van der Waals surface area contributed by atoms with Gasteiger partial charge < -0.3 is 10.4 Å². The van der Waals surface area contributed by atoms with Crippen LogP contribution in [0.5, 0.6) is 0 Å². The monoisotopic (exact) mass is 267 g/mol. The molecule has 2 rings (SSSR count). The number of thiophene rings is 1. The third kappa shape index (κ3) is 3.33. The number of carbonyl (C=O) groups is 1. The highest BCUT2D eigenvalue weighted by atomic mass is 32.1. The van der Waals surface area contributed by atoms with Gasteiger partial charge in [0.2, 0.25) is 0 Å². The second-order valence-electron chi connectivity index (χ2n) is 5.01. The molecule has 1 amide bonds.